The monoisotopic (exact) mass is 304 g/mol. The second-order valence-corrected chi connectivity index (χ2v) is 9.89. The maximum Gasteiger partial charge on any atom is 0.102 e. The molecular weight excluding hydrogens is 272 g/mol. The Kier molecular flexibility index (Phi) is 2.89. The van der Waals surface area contributed by atoms with Crippen molar-refractivity contribution in [3.05, 3.63) is 12.2 Å². The van der Waals surface area contributed by atoms with E-state index < -0.39 is 11.7 Å². The number of rotatable bonds is 0. The molecule has 4 saturated carbocycles. The van der Waals surface area contributed by atoms with Crippen molar-refractivity contribution in [3.8, 4) is 0 Å². The number of aliphatic hydroxyl groups excluding tert-OH is 1. The van der Waals surface area contributed by atoms with E-state index in [-0.39, 0.29) is 16.2 Å². The van der Waals surface area contributed by atoms with E-state index in [9.17, 15) is 10.2 Å². The first-order valence-corrected chi connectivity index (χ1v) is 9.24. The molecule has 22 heavy (non-hydrogen) atoms. The Bertz CT molecular complexity index is 524. The Labute approximate surface area is 135 Å². The molecule has 2 heteroatoms. The average molecular weight is 304 g/mol. The summed E-state index contributed by atoms with van der Waals surface area (Å²) in [5.41, 5.74) is 0.382. The van der Waals surface area contributed by atoms with Crippen molar-refractivity contribution in [1.29, 1.82) is 0 Å². The van der Waals surface area contributed by atoms with Crippen LogP contribution in [0.25, 0.3) is 0 Å². The van der Waals surface area contributed by atoms with Crippen LogP contribution in [-0.2, 0) is 0 Å². The van der Waals surface area contributed by atoms with E-state index in [0.29, 0.717) is 11.8 Å². The van der Waals surface area contributed by atoms with Crippen LogP contribution in [0.5, 0.6) is 0 Å². The fraction of sp³-hybridized carbons (Fsp3) is 0.900. The van der Waals surface area contributed by atoms with E-state index in [1.165, 1.54) is 24.8 Å². The van der Waals surface area contributed by atoms with E-state index in [2.05, 4.69) is 27.4 Å². The molecule has 0 saturated heterocycles. The lowest BCUT2D eigenvalue weighted by molar-refractivity contribution is -0.297. The lowest BCUT2D eigenvalue weighted by Gasteiger charge is -2.69. The van der Waals surface area contributed by atoms with Crippen LogP contribution in [0.1, 0.15) is 72.1 Å². The molecule has 0 amide bonds. The highest BCUT2D eigenvalue weighted by atomic mass is 16.3. The van der Waals surface area contributed by atoms with E-state index in [1.807, 2.05) is 0 Å². The summed E-state index contributed by atoms with van der Waals surface area (Å²) in [6.45, 7) is 11.3. The molecule has 4 aliphatic rings. The van der Waals surface area contributed by atoms with Gasteiger partial charge in [0.15, 0.2) is 0 Å². The van der Waals surface area contributed by atoms with Gasteiger partial charge >= 0.3 is 0 Å². The number of hydrogen-bond donors (Lipinski definition) is 2. The summed E-state index contributed by atoms with van der Waals surface area (Å²) in [5.74, 6) is 0.955. The van der Waals surface area contributed by atoms with Crippen molar-refractivity contribution < 1.29 is 10.2 Å². The molecule has 4 fully saturated rings. The minimum absolute atomic E-state index is 0.106. The standard InChI is InChI=1S/C20H32O2/c1-13-11-19-9-6-15-17(2,3)7-5-8-18(15,4)20(19,22)16(21)10-14(13)12-19/h14-16,21-22H,1,5-12H2,2-4H3/t14-,15-,16+,18+,19-,20+/m0/s1. The van der Waals surface area contributed by atoms with Gasteiger partial charge < -0.3 is 10.2 Å². The molecule has 6 atom stereocenters. The SMILES string of the molecule is C=C1C[C@]23CC[C@H]4C(C)(C)CCC[C@@]4(C)[C@]2(O)[C@H](O)C[C@H]1C3. The summed E-state index contributed by atoms with van der Waals surface area (Å²) >= 11 is 0. The Morgan fingerprint density at radius 1 is 1.14 bits per heavy atom. The fourth-order valence-corrected chi connectivity index (χ4v) is 7.68. The first kappa shape index (κ1) is 15.2. The summed E-state index contributed by atoms with van der Waals surface area (Å²) in [6.07, 6.45) is 7.91. The van der Waals surface area contributed by atoms with Gasteiger partial charge in [-0.3, -0.25) is 0 Å². The first-order valence-electron chi connectivity index (χ1n) is 9.24. The quantitative estimate of drug-likeness (QED) is 0.663. The summed E-state index contributed by atoms with van der Waals surface area (Å²) in [5, 5.41) is 23.1. The van der Waals surface area contributed by atoms with Crippen molar-refractivity contribution in [2.24, 2.45) is 28.1 Å². The third-order valence-electron chi connectivity index (χ3n) is 8.59. The highest BCUT2D eigenvalue weighted by Gasteiger charge is 2.73. The van der Waals surface area contributed by atoms with Crippen LogP contribution >= 0.6 is 0 Å². The largest absolute Gasteiger partial charge is 0.390 e. The van der Waals surface area contributed by atoms with Crippen LogP contribution in [0, 0.1) is 28.1 Å². The van der Waals surface area contributed by atoms with Crippen molar-refractivity contribution in [1.82, 2.24) is 0 Å². The molecule has 2 nitrogen and oxygen atoms in total. The van der Waals surface area contributed by atoms with Gasteiger partial charge in [-0.2, -0.15) is 0 Å². The molecular formula is C20H32O2. The van der Waals surface area contributed by atoms with E-state index >= 15 is 0 Å². The molecule has 0 aromatic rings. The van der Waals surface area contributed by atoms with Gasteiger partial charge in [-0.25, -0.2) is 0 Å². The summed E-state index contributed by atoms with van der Waals surface area (Å²) in [7, 11) is 0. The second kappa shape index (κ2) is 4.19. The summed E-state index contributed by atoms with van der Waals surface area (Å²) < 4.78 is 0. The molecule has 0 heterocycles. The fourth-order valence-electron chi connectivity index (χ4n) is 7.68. The molecule has 0 unspecified atom stereocenters. The van der Waals surface area contributed by atoms with E-state index in [1.54, 1.807) is 0 Å². The van der Waals surface area contributed by atoms with Gasteiger partial charge in [0.05, 0.1) is 6.10 Å². The molecule has 2 bridgehead atoms. The normalized spacial score (nSPS) is 56.4. The van der Waals surface area contributed by atoms with Crippen LogP contribution in [0.15, 0.2) is 12.2 Å². The Hall–Kier alpha value is -0.340. The molecule has 0 aromatic carbocycles. The molecule has 0 radical (unpaired) electrons. The number of fused-ring (bicyclic) bond motifs is 3. The topological polar surface area (TPSA) is 40.5 Å². The van der Waals surface area contributed by atoms with Crippen LogP contribution < -0.4 is 0 Å². The van der Waals surface area contributed by atoms with Crippen molar-refractivity contribution in [2.45, 2.75) is 83.8 Å². The maximum atomic E-state index is 12.1. The zero-order chi connectivity index (χ0) is 16.0. The summed E-state index contributed by atoms with van der Waals surface area (Å²) in [6, 6.07) is 0. The van der Waals surface area contributed by atoms with Gasteiger partial charge in [0.25, 0.3) is 0 Å². The zero-order valence-electron chi connectivity index (χ0n) is 14.5. The smallest absolute Gasteiger partial charge is 0.102 e. The number of aliphatic hydroxyl groups is 2. The minimum atomic E-state index is -0.920. The molecule has 4 rings (SSSR count). The van der Waals surface area contributed by atoms with Crippen LogP contribution in [-0.4, -0.2) is 21.9 Å². The Morgan fingerprint density at radius 2 is 1.86 bits per heavy atom. The molecule has 0 aromatic heterocycles. The highest BCUT2D eigenvalue weighted by Crippen LogP contribution is 2.73. The van der Waals surface area contributed by atoms with Gasteiger partial charge in [0.2, 0.25) is 0 Å². The molecule has 1 spiro atoms. The molecule has 0 aliphatic heterocycles. The number of hydrogen-bond acceptors (Lipinski definition) is 2. The maximum absolute atomic E-state index is 12.1. The summed E-state index contributed by atoms with van der Waals surface area (Å²) in [4.78, 5) is 0. The number of allylic oxidation sites excluding steroid dienone is 1. The lowest BCUT2D eigenvalue weighted by Crippen LogP contribution is -2.72. The van der Waals surface area contributed by atoms with Gasteiger partial charge in [-0.05, 0) is 62.2 Å². The van der Waals surface area contributed by atoms with Gasteiger partial charge in [0.1, 0.15) is 5.60 Å². The van der Waals surface area contributed by atoms with Crippen molar-refractivity contribution in [2.75, 3.05) is 0 Å². The van der Waals surface area contributed by atoms with E-state index in [0.717, 1.165) is 32.1 Å². The second-order valence-electron chi connectivity index (χ2n) is 9.89. The van der Waals surface area contributed by atoms with Gasteiger partial charge in [-0.1, -0.05) is 39.3 Å². The van der Waals surface area contributed by atoms with Crippen molar-refractivity contribution in [3.63, 3.8) is 0 Å². The molecule has 124 valence electrons. The van der Waals surface area contributed by atoms with Gasteiger partial charge in [0, 0.05) is 10.8 Å². The average Bonchev–Trinajstić information content (AvgIpc) is 2.68. The third-order valence-corrected chi connectivity index (χ3v) is 8.59. The third kappa shape index (κ3) is 1.50. The Morgan fingerprint density at radius 3 is 2.59 bits per heavy atom. The lowest BCUT2D eigenvalue weighted by atomic mass is 9.38. The predicted octanol–water partition coefficient (Wildman–Crippen LogP) is 4.06. The van der Waals surface area contributed by atoms with E-state index in [4.69, 9.17) is 0 Å². The van der Waals surface area contributed by atoms with Gasteiger partial charge in [-0.15, -0.1) is 0 Å². The molecule has 2 N–H and O–H groups in total. The first-order chi connectivity index (χ1) is 10.2. The molecule has 4 aliphatic carbocycles. The minimum Gasteiger partial charge on any atom is -0.390 e. The van der Waals surface area contributed by atoms with Crippen molar-refractivity contribution >= 4 is 0 Å². The highest BCUT2D eigenvalue weighted by molar-refractivity contribution is 5.30. The van der Waals surface area contributed by atoms with Crippen LogP contribution in [0.2, 0.25) is 0 Å². The zero-order valence-corrected chi connectivity index (χ0v) is 14.5. The Balaban J connectivity index is 1.86. The van der Waals surface area contributed by atoms with Crippen LogP contribution in [0.4, 0.5) is 0 Å². The predicted molar refractivity (Wildman–Crippen MR) is 88.3 cm³/mol. The van der Waals surface area contributed by atoms with Crippen LogP contribution in [0.3, 0.4) is 0 Å².